The lowest BCUT2D eigenvalue weighted by molar-refractivity contribution is 0.0577. The third kappa shape index (κ3) is 5.62. The van der Waals surface area contributed by atoms with Gasteiger partial charge >= 0.3 is 6.09 Å². The summed E-state index contributed by atoms with van der Waals surface area (Å²) in [5.41, 5.74) is -0.0261. The molecule has 0 atom stereocenters. The van der Waals surface area contributed by atoms with Crippen LogP contribution in [0.1, 0.15) is 46.4 Å². The normalized spacial score (nSPS) is 12.8. The van der Waals surface area contributed by atoms with Crippen LogP contribution in [0.4, 0.5) is 10.6 Å². The number of fused-ring (bicyclic) bond motifs is 1. The van der Waals surface area contributed by atoms with Crippen molar-refractivity contribution < 1.29 is 14.0 Å². The zero-order valence-electron chi connectivity index (χ0n) is 19.8. The van der Waals surface area contributed by atoms with Crippen molar-refractivity contribution in [1.82, 2.24) is 9.97 Å². The number of rotatable bonds is 5. The number of carbonyl (C=O) groups excluding carboxylic acids is 1. The molecule has 0 fully saturated rings. The third-order valence-electron chi connectivity index (χ3n) is 5.27. The first-order chi connectivity index (χ1) is 14.7. The molecule has 0 aromatic carbocycles. The monoisotopic (exact) mass is 511 g/mol. The molecule has 0 saturated carbocycles. The maximum Gasteiger partial charge on any atom is 0.416 e. The minimum absolute atomic E-state index is 0.0304. The molecular weight excluding hydrogens is 482 g/mol. The van der Waals surface area contributed by atoms with Crippen molar-refractivity contribution in [3.63, 3.8) is 0 Å². The molecule has 3 aromatic rings. The second-order valence-corrected chi connectivity index (χ2v) is 17.1. The Morgan fingerprint density at radius 2 is 1.84 bits per heavy atom. The van der Waals surface area contributed by atoms with Gasteiger partial charge < -0.3 is 9.16 Å². The highest BCUT2D eigenvalue weighted by Crippen LogP contribution is 2.43. The Kier molecular flexibility index (Phi) is 6.96. The van der Waals surface area contributed by atoms with E-state index in [4.69, 9.17) is 20.8 Å². The molecule has 10 heteroatoms. The SMILES string of the molecule is CC(C)(C)OC(=O)N(Cc1cccs1)c1nc(Cl)nc2c(O[Si](C)(C)C(C)(C)C)csc12. The number of hydrogen-bond acceptors (Lipinski definition) is 7. The van der Waals surface area contributed by atoms with Gasteiger partial charge in [-0.2, -0.15) is 4.98 Å². The Morgan fingerprint density at radius 1 is 1.16 bits per heavy atom. The van der Waals surface area contributed by atoms with Gasteiger partial charge in [0, 0.05) is 10.3 Å². The van der Waals surface area contributed by atoms with Gasteiger partial charge in [-0.3, -0.25) is 4.90 Å². The zero-order valence-corrected chi connectivity index (χ0v) is 23.2. The van der Waals surface area contributed by atoms with Gasteiger partial charge in [-0.1, -0.05) is 26.8 Å². The van der Waals surface area contributed by atoms with Gasteiger partial charge in [0.1, 0.15) is 16.9 Å². The van der Waals surface area contributed by atoms with Gasteiger partial charge in [0.15, 0.2) is 5.82 Å². The topological polar surface area (TPSA) is 64.5 Å². The largest absolute Gasteiger partial charge is 0.541 e. The van der Waals surface area contributed by atoms with E-state index in [2.05, 4.69) is 43.8 Å². The summed E-state index contributed by atoms with van der Waals surface area (Å²) in [7, 11) is -2.09. The van der Waals surface area contributed by atoms with Crippen LogP contribution in [-0.2, 0) is 11.3 Å². The summed E-state index contributed by atoms with van der Waals surface area (Å²) in [5.74, 6) is 1.11. The van der Waals surface area contributed by atoms with Crippen molar-refractivity contribution in [2.45, 2.75) is 71.8 Å². The van der Waals surface area contributed by atoms with E-state index in [0.29, 0.717) is 23.6 Å². The molecule has 0 bridgehead atoms. The van der Waals surface area contributed by atoms with Crippen molar-refractivity contribution in [3.05, 3.63) is 33.1 Å². The number of hydrogen-bond donors (Lipinski definition) is 0. The Bertz CT molecular complexity index is 1100. The quantitative estimate of drug-likeness (QED) is 0.259. The van der Waals surface area contributed by atoms with E-state index < -0.39 is 20.0 Å². The number of carbonyl (C=O) groups is 1. The van der Waals surface area contributed by atoms with Crippen molar-refractivity contribution in [2.24, 2.45) is 0 Å². The predicted octanol–water partition coefficient (Wildman–Crippen LogP) is 7.73. The lowest BCUT2D eigenvalue weighted by atomic mass is 10.2. The summed E-state index contributed by atoms with van der Waals surface area (Å²) >= 11 is 9.35. The highest BCUT2D eigenvalue weighted by atomic mass is 35.5. The molecule has 3 rings (SSSR count). The Balaban J connectivity index is 2.09. The third-order valence-corrected chi connectivity index (χ3v) is 11.6. The number of anilines is 1. The van der Waals surface area contributed by atoms with Crippen LogP contribution in [-0.4, -0.2) is 30.0 Å². The van der Waals surface area contributed by atoms with E-state index >= 15 is 0 Å². The highest BCUT2D eigenvalue weighted by molar-refractivity contribution is 7.18. The van der Waals surface area contributed by atoms with Gasteiger partial charge in [0.05, 0.1) is 11.2 Å². The standard InChI is InChI=1S/C22H30ClN3O3S2Si/c1-21(2,3)28-20(27)26(12-14-10-9-11-30-14)18-17-16(24-19(23)25-18)15(13-31-17)29-32(7,8)22(4,5)6/h9-11,13H,12H2,1-8H3. The molecule has 32 heavy (non-hydrogen) atoms. The number of aromatic nitrogens is 2. The fraction of sp³-hybridized carbons (Fsp3) is 0.500. The van der Waals surface area contributed by atoms with Crippen LogP contribution in [0.3, 0.4) is 0 Å². The molecule has 0 N–H and O–H groups in total. The average Bonchev–Trinajstić information content (AvgIpc) is 3.27. The van der Waals surface area contributed by atoms with Crippen LogP contribution in [0.2, 0.25) is 23.4 Å². The number of thiophene rings is 2. The van der Waals surface area contributed by atoms with Gasteiger partial charge in [0.2, 0.25) is 5.28 Å². The lowest BCUT2D eigenvalue weighted by Gasteiger charge is -2.36. The smallest absolute Gasteiger partial charge is 0.416 e. The first kappa shape index (κ1) is 24.9. The molecule has 0 aliphatic heterocycles. The van der Waals surface area contributed by atoms with Crippen molar-refractivity contribution in [1.29, 1.82) is 0 Å². The number of halogens is 1. The van der Waals surface area contributed by atoms with E-state index in [0.717, 1.165) is 9.58 Å². The molecule has 0 saturated heterocycles. The molecule has 0 aliphatic carbocycles. The molecule has 0 spiro atoms. The van der Waals surface area contributed by atoms with Crippen LogP contribution < -0.4 is 9.33 Å². The first-order valence-electron chi connectivity index (χ1n) is 10.3. The van der Waals surface area contributed by atoms with Crippen molar-refractivity contribution in [2.75, 3.05) is 4.90 Å². The second kappa shape index (κ2) is 8.93. The Morgan fingerprint density at radius 3 is 2.41 bits per heavy atom. The predicted molar refractivity (Wildman–Crippen MR) is 137 cm³/mol. The molecule has 0 radical (unpaired) electrons. The van der Waals surface area contributed by atoms with E-state index in [9.17, 15) is 4.79 Å². The summed E-state index contributed by atoms with van der Waals surface area (Å²) in [6, 6.07) is 3.93. The van der Waals surface area contributed by atoms with Crippen LogP contribution in [0.5, 0.6) is 5.75 Å². The molecule has 0 unspecified atom stereocenters. The Hall–Kier alpha value is -1.68. The van der Waals surface area contributed by atoms with E-state index in [-0.39, 0.29) is 10.3 Å². The maximum atomic E-state index is 13.2. The molecule has 1 amide bonds. The van der Waals surface area contributed by atoms with Gasteiger partial charge in [-0.15, -0.1) is 22.7 Å². The second-order valence-electron chi connectivity index (χ2n) is 10.1. The van der Waals surface area contributed by atoms with E-state index in [1.54, 1.807) is 11.3 Å². The van der Waals surface area contributed by atoms with Gasteiger partial charge in [-0.25, -0.2) is 9.78 Å². The summed E-state index contributed by atoms with van der Waals surface area (Å²) < 4.78 is 13.0. The Labute approximate surface area is 203 Å². The van der Waals surface area contributed by atoms with Crippen LogP contribution in [0.15, 0.2) is 22.9 Å². The molecule has 0 aliphatic rings. The fourth-order valence-corrected chi connectivity index (χ4v) is 5.50. The van der Waals surface area contributed by atoms with Gasteiger partial charge in [-0.05, 0) is 62.0 Å². The van der Waals surface area contributed by atoms with E-state index in [1.807, 2.05) is 43.7 Å². The van der Waals surface area contributed by atoms with Crippen molar-refractivity contribution >= 4 is 64.7 Å². The fourth-order valence-electron chi connectivity index (χ4n) is 2.64. The van der Waals surface area contributed by atoms with Crippen LogP contribution in [0, 0.1) is 0 Å². The summed E-state index contributed by atoms with van der Waals surface area (Å²) in [4.78, 5) is 24.6. The first-order valence-corrected chi connectivity index (χ1v) is 15.4. The minimum atomic E-state index is -2.09. The van der Waals surface area contributed by atoms with E-state index in [1.165, 1.54) is 16.2 Å². The number of nitrogens with zero attached hydrogens (tertiary/aromatic N) is 3. The minimum Gasteiger partial charge on any atom is -0.541 e. The van der Waals surface area contributed by atoms with Crippen LogP contribution in [0.25, 0.3) is 10.2 Å². The summed E-state index contributed by atoms with van der Waals surface area (Å²) in [6.45, 7) is 16.8. The molecule has 3 heterocycles. The van der Waals surface area contributed by atoms with Gasteiger partial charge in [0.25, 0.3) is 8.32 Å². The maximum absolute atomic E-state index is 13.2. The lowest BCUT2D eigenvalue weighted by Crippen LogP contribution is -2.43. The number of amides is 1. The molecule has 3 aromatic heterocycles. The average molecular weight is 512 g/mol. The molecular formula is C22H30ClN3O3S2Si. The summed E-state index contributed by atoms with van der Waals surface area (Å²) in [5, 5.41) is 3.99. The highest BCUT2D eigenvalue weighted by Gasteiger charge is 2.40. The summed E-state index contributed by atoms with van der Waals surface area (Å²) in [6.07, 6.45) is -0.484. The van der Waals surface area contributed by atoms with Crippen LogP contribution >= 0.6 is 34.3 Å². The van der Waals surface area contributed by atoms with Crippen molar-refractivity contribution in [3.8, 4) is 5.75 Å². The zero-order chi connectivity index (χ0) is 23.9. The molecule has 174 valence electrons. The molecule has 6 nitrogen and oxygen atoms in total. The number of ether oxygens (including phenoxy) is 1.